The highest BCUT2D eigenvalue weighted by Crippen LogP contribution is 2.50. The molecule has 1 fully saturated rings. The molecule has 1 aromatic rings. The molecule has 24 heavy (non-hydrogen) atoms. The molecular weight excluding hydrogens is 384 g/mol. The van der Waals surface area contributed by atoms with Crippen LogP contribution in [0.25, 0.3) is 0 Å². The van der Waals surface area contributed by atoms with E-state index in [1.165, 1.54) is 17.0 Å². The average molecular weight is 402 g/mol. The highest BCUT2D eigenvalue weighted by molar-refractivity contribution is 9.10. The average Bonchev–Trinajstić information content (AvgIpc) is 2.80. The van der Waals surface area contributed by atoms with Gasteiger partial charge in [0.1, 0.15) is 19.0 Å². The zero-order chi connectivity index (χ0) is 17.3. The van der Waals surface area contributed by atoms with Crippen LogP contribution < -0.4 is 15.5 Å². The number of nitrogens with one attached hydrogen (secondary N) is 2. The number of hydrogen-bond acceptors (Lipinski definition) is 3. The molecule has 0 bridgehead atoms. The van der Waals surface area contributed by atoms with Crippen molar-refractivity contribution in [1.82, 2.24) is 10.6 Å². The second-order valence-electron chi connectivity index (χ2n) is 6.02. The fourth-order valence-corrected chi connectivity index (χ4v) is 4.27. The van der Waals surface area contributed by atoms with Gasteiger partial charge in [-0.1, -0.05) is 0 Å². The topological polar surface area (TPSA) is 61.4 Å². The summed E-state index contributed by atoms with van der Waals surface area (Å²) in [5.41, 5.74) is 0.347. The van der Waals surface area contributed by atoms with E-state index in [0.29, 0.717) is 37.2 Å². The molecule has 2 N–H and O–H groups in total. The quantitative estimate of drug-likeness (QED) is 0.805. The van der Waals surface area contributed by atoms with Crippen LogP contribution in [0.1, 0.15) is 18.4 Å². The summed E-state index contributed by atoms with van der Waals surface area (Å²) in [6.45, 7) is 0.351. The monoisotopic (exact) mass is 401 g/mol. The van der Waals surface area contributed by atoms with E-state index < -0.39 is 23.8 Å². The van der Waals surface area contributed by atoms with Crippen molar-refractivity contribution in [1.29, 1.82) is 0 Å². The largest absolute Gasteiger partial charge is 0.352 e. The van der Waals surface area contributed by atoms with Crippen LogP contribution in [0, 0.1) is 5.82 Å². The maximum atomic E-state index is 14.1. The second kappa shape index (κ2) is 6.76. The number of carbonyl (C=O) groups is 2. The molecule has 8 heteroatoms. The molecule has 1 spiro atoms. The molecule has 2 aliphatic heterocycles. The normalized spacial score (nSPS) is 18.8. The van der Waals surface area contributed by atoms with Gasteiger partial charge in [-0.3, -0.25) is 9.59 Å². The summed E-state index contributed by atoms with van der Waals surface area (Å²) in [7, 11) is 0. The SMILES string of the molecule is O=C(CN1C(=O)C2(CCNCC2)c2c1ccc(F)c2Br)NCCF. The lowest BCUT2D eigenvalue weighted by Crippen LogP contribution is -2.49. The Morgan fingerprint density at radius 2 is 2.08 bits per heavy atom. The standard InChI is InChI=1S/C16H18BrF2N3O2/c17-14-10(19)1-2-11-13(14)16(3-6-20-7-4-16)15(24)22(11)9-12(23)21-8-5-18/h1-2,20H,3-9H2,(H,21,23). The molecule has 2 heterocycles. The van der Waals surface area contributed by atoms with Gasteiger partial charge in [0.05, 0.1) is 9.89 Å². The van der Waals surface area contributed by atoms with Crippen LogP contribution in [0.4, 0.5) is 14.5 Å². The Bertz CT molecular complexity index is 678. The van der Waals surface area contributed by atoms with Gasteiger partial charge in [-0.15, -0.1) is 0 Å². The van der Waals surface area contributed by atoms with Crippen molar-refractivity contribution in [2.24, 2.45) is 0 Å². The Morgan fingerprint density at radius 3 is 2.75 bits per heavy atom. The van der Waals surface area contributed by atoms with Gasteiger partial charge in [0.25, 0.3) is 0 Å². The zero-order valence-electron chi connectivity index (χ0n) is 13.0. The number of fused-ring (bicyclic) bond motifs is 2. The van der Waals surface area contributed by atoms with Crippen molar-refractivity contribution in [3.8, 4) is 0 Å². The number of amides is 2. The first kappa shape index (κ1) is 17.3. The molecule has 3 rings (SSSR count). The predicted molar refractivity (Wildman–Crippen MR) is 89.2 cm³/mol. The van der Waals surface area contributed by atoms with Crippen molar-refractivity contribution in [3.05, 3.63) is 28.0 Å². The van der Waals surface area contributed by atoms with Gasteiger partial charge in [0.15, 0.2) is 0 Å². The highest BCUT2D eigenvalue weighted by atomic mass is 79.9. The number of rotatable bonds is 4. The number of piperidine rings is 1. The van der Waals surface area contributed by atoms with Gasteiger partial charge in [0.2, 0.25) is 11.8 Å². The summed E-state index contributed by atoms with van der Waals surface area (Å²) in [5, 5.41) is 5.63. The number of carbonyl (C=O) groups excluding carboxylic acids is 2. The van der Waals surface area contributed by atoms with E-state index in [-0.39, 0.29) is 23.5 Å². The first-order chi connectivity index (χ1) is 11.5. The van der Waals surface area contributed by atoms with Crippen LogP contribution in [0.5, 0.6) is 0 Å². The Kier molecular flexibility index (Phi) is 4.87. The summed E-state index contributed by atoms with van der Waals surface area (Å²) in [6, 6.07) is 2.81. The van der Waals surface area contributed by atoms with Crippen LogP contribution >= 0.6 is 15.9 Å². The minimum absolute atomic E-state index is 0.0874. The molecule has 0 aliphatic carbocycles. The van der Waals surface area contributed by atoms with Crippen LogP contribution in [-0.4, -0.2) is 44.7 Å². The predicted octanol–water partition coefficient (Wildman–Crippen LogP) is 1.64. The second-order valence-corrected chi connectivity index (χ2v) is 6.81. The minimum Gasteiger partial charge on any atom is -0.352 e. The summed E-state index contributed by atoms with van der Waals surface area (Å²) in [5.74, 6) is -1.05. The van der Waals surface area contributed by atoms with E-state index in [4.69, 9.17) is 0 Å². The van der Waals surface area contributed by atoms with Gasteiger partial charge >= 0.3 is 0 Å². The third-order valence-electron chi connectivity index (χ3n) is 4.67. The van der Waals surface area contributed by atoms with E-state index >= 15 is 0 Å². The molecule has 1 saturated heterocycles. The van der Waals surface area contributed by atoms with Gasteiger partial charge in [-0.25, -0.2) is 8.78 Å². The lowest BCUT2D eigenvalue weighted by Gasteiger charge is -2.33. The van der Waals surface area contributed by atoms with Gasteiger partial charge in [-0.05, 0) is 54.0 Å². The molecular formula is C16H18BrF2N3O2. The molecule has 2 amide bonds. The maximum Gasteiger partial charge on any atom is 0.240 e. The fourth-order valence-electron chi connectivity index (χ4n) is 3.56. The van der Waals surface area contributed by atoms with Crippen LogP contribution in [0.3, 0.4) is 0 Å². The Morgan fingerprint density at radius 1 is 1.38 bits per heavy atom. The van der Waals surface area contributed by atoms with Crippen LogP contribution in [0.2, 0.25) is 0 Å². The van der Waals surface area contributed by atoms with E-state index in [2.05, 4.69) is 26.6 Å². The number of anilines is 1. The first-order valence-electron chi connectivity index (χ1n) is 7.85. The van der Waals surface area contributed by atoms with Gasteiger partial charge < -0.3 is 15.5 Å². The van der Waals surface area contributed by atoms with Crippen molar-refractivity contribution in [2.75, 3.05) is 37.8 Å². The van der Waals surface area contributed by atoms with Crippen LogP contribution in [-0.2, 0) is 15.0 Å². The Labute approximate surface area is 146 Å². The van der Waals surface area contributed by atoms with E-state index in [1.54, 1.807) is 0 Å². The van der Waals surface area contributed by atoms with Gasteiger partial charge in [0, 0.05) is 17.8 Å². The van der Waals surface area contributed by atoms with E-state index in [0.717, 1.165) is 0 Å². The summed E-state index contributed by atoms with van der Waals surface area (Å²) in [4.78, 5) is 26.5. The molecule has 0 atom stereocenters. The highest BCUT2D eigenvalue weighted by Gasteiger charge is 2.52. The zero-order valence-corrected chi connectivity index (χ0v) is 14.6. The molecule has 130 valence electrons. The fraction of sp³-hybridized carbons (Fsp3) is 0.500. The molecule has 0 saturated carbocycles. The number of hydrogen-bond donors (Lipinski definition) is 2. The number of alkyl halides is 1. The lowest BCUT2D eigenvalue weighted by atomic mass is 9.74. The number of nitrogens with zero attached hydrogens (tertiary/aromatic N) is 1. The molecule has 1 aromatic carbocycles. The maximum absolute atomic E-state index is 14.1. The van der Waals surface area contributed by atoms with Crippen molar-refractivity contribution in [2.45, 2.75) is 18.3 Å². The molecule has 0 radical (unpaired) electrons. The van der Waals surface area contributed by atoms with E-state index in [1.807, 2.05) is 0 Å². The first-order valence-corrected chi connectivity index (χ1v) is 8.64. The lowest BCUT2D eigenvalue weighted by molar-refractivity contribution is -0.127. The third-order valence-corrected chi connectivity index (χ3v) is 5.45. The summed E-state index contributed by atoms with van der Waals surface area (Å²) in [6.07, 6.45) is 1.09. The molecule has 0 unspecified atom stereocenters. The van der Waals surface area contributed by atoms with E-state index in [9.17, 15) is 18.4 Å². The summed E-state index contributed by atoms with van der Waals surface area (Å²) >= 11 is 3.28. The smallest absolute Gasteiger partial charge is 0.240 e. The van der Waals surface area contributed by atoms with Crippen molar-refractivity contribution in [3.63, 3.8) is 0 Å². The van der Waals surface area contributed by atoms with Crippen molar-refractivity contribution < 1.29 is 18.4 Å². The molecule has 2 aliphatic rings. The minimum atomic E-state index is -0.818. The summed E-state index contributed by atoms with van der Waals surface area (Å²) < 4.78 is 26.6. The third kappa shape index (κ3) is 2.71. The van der Waals surface area contributed by atoms with Crippen molar-refractivity contribution >= 4 is 33.4 Å². The molecule has 5 nitrogen and oxygen atoms in total. The number of benzene rings is 1. The van der Waals surface area contributed by atoms with Crippen LogP contribution in [0.15, 0.2) is 16.6 Å². The Balaban J connectivity index is 2.00. The Hall–Kier alpha value is -1.54. The van der Waals surface area contributed by atoms with Gasteiger partial charge in [-0.2, -0.15) is 0 Å². The number of halogens is 3. The molecule has 0 aromatic heterocycles.